The van der Waals surface area contributed by atoms with Gasteiger partial charge < -0.3 is 0 Å². The maximum atomic E-state index is 6.01. The van der Waals surface area contributed by atoms with Gasteiger partial charge in [-0.2, -0.15) is 0 Å². The molecule has 0 N–H and O–H groups in total. The van der Waals surface area contributed by atoms with Gasteiger partial charge in [-0.1, -0.05) is 44.9 Å². The highest BCUT2D eigenvalue weighted by Gasteiger charge is 2.05. The summed E-state index contributed by atoms with van der Waals surface area (Å²) in [5.74, 6) is 0.658. The molecule has 0 saturated carbocycles. The van der Waals surface area contributed by atoms with E-state index >= 15 is 0 Å². The van der Waals surface area contributed by atoms with Crippen molar-refractivity contribution in [3.8, 4) is 0 Å². The number of hydrogen-bond donors (Lipinski definition) is 0. The topological polar surface area (TPSA) is 0 Å². The van der Waals surface area contributed by atoms with Gasteiger partial charge in [0.15, 0.2) is 0 Å². The predicted octanol–water partition coefficient (Wildman–Crippen LogP) is 4.33. The Morgan fingerprint density at radius 1 is 1.00 bits per heavy atom. The molecule has 0 bridgehead atoms. The molecule has 0 atom stereocenters. The summed E-state index contributed by atoms with van der Waals surface area (Å²) in [5, 5.41) is 0. The van der Waals surface area contributed by atoms with E-state index in [1.165, 1.54) is 29.5 Å². The fourth-order valence-corrected chi connectivity index (χ4v) is 2.21. The zero-order chi connectivity index (χ0) is 10.4. The molecule has 0 heterocycles. The van der Waals surface area contributed by atoms with Crippen LogP contribution in [-0.4, -0.2) is 0 Å². The third kappa shape index (κ3) is 2.75. The maximum absolute atomic E-state index is 6.01. The quantitative estimate of drug-likeness (QED) is 0.635. The van der Waals surface area contributed by atoms with Crippen LogP contribution in [0.4, 0.5) is 0 Å². The monoisotopic (exact) mass is 210 g/mol. The smallest absolute Gasteiger partial charge is 0.0479 e. The van der Waals surface area contributed by atoms with Crippen molar-refractivity contribution < 1.29 is 0 Å². The second kappa shape index (κ2) is 6.08. The lowest BCUT2D eigenvalue weighted by atomic mass is 9.96. The molecule has 1 aromatic carbocycles. The van der Waals surface area contributed by atoms with Crippen molar-refractivity contribution >= 4 is 11.6 Å². The van der Waals surface area contributed by atoms with E-state index in [0.717, 1.165) is 12.8 Å². The van der Waals surface area contributed by atoms with Gasteiger partial charge in [0.25, 0.3) is 0 Å². The summed E-state index contributed by atoms with van der Waals surface area (Å²) >= 11 is 6.01. The summed E-state index contributed by atoms with van der Waals surface area (Å²) < 4.78 is 0. The molecule has 0 aliphatic heterocycles. The van der Waals surface area contributed by atoms with Crippen molar-refractivity contribution in [3.63, 3.8) is 0 Å². The van der Waals surface area contributed by atoms with Crippen LogP contribution >= 0.6 is 11.6 Å². The Kier molecular flexibility index (Phi) is 5.03. The van der Waals surface area contributed by atoms with Crippen LogP contribution in [0.3, 0.4) is 0 Å². The zero-order valence-electron chi connectivity index (χ0n) is 9.15. The first-order valence-electron chi connectivity index (χ1n) is 5.49. The average Bonchev–Trinajstić information content (AvgIpc) is 2.19. The first-order valence-corrected chi connectivity index (χ1v) is 6.02. The summed E-state index contributed by atoms with van der Waals surface area (Å²) in [6.07, 6.45) is 4.69. The van der Waals surface area contributed by atoms with Gasteiger partial charge in [-0.3, -0.25) is 0 Å². The van der Waals surface area contributed by atoms with Gasteiger partial charge in [0.05, 0.1) is 0 Å². The number of alkyl halides is 1. The van der Waals surface area contributed by atoms with Gasteiger partial charge in [0.1, 0.15) is 0 Å². The molecule has 0 radical (unpaired) electrons. The van der Waals surface area contributed by atoms with Gasteiger partial charge in [-0.05, 0) is 29.5 Å². The number of halogens is 1. The van der Waals surface area contributed by atoms with E-state index < -0.39 is 0 Å². The molecule has 0 aromatic heterocycles. The molecule has 0 fully saturated rings. The Bertz CT molecular complexity index is 254. The molecule has 0 amide bonds. The molecule has 0 nitrogen and oxygen atoms in total. The summed E-state index contributed by atoms with van der Waals surface area (Å²) in [7, 11) is 0. The molecule has 0 unspecified atom stereocenters. The van der Waals surface area contributed by atoms with Gasteiger partial charge in [-0.15, -0.1) is 11.6 Å². The molecule has 14 heavy (non-hydrogen) atoms. The van der Waals surface area contributed by atoms with Gasteiger partial charge in [0.2, 0.25) is 0 Å². The van der Waals surface area contributed by atoms with Crippen LogP contribution < -0.4 is 0 Å². The van der Waals surface area contributed by atoms with Gasteiger partial charge in [0, 0.05) is 5.88 Å². The van der Waals surface area contributed by atoms with Crippen molar-refractivity contribution in [1.82, 2.24) is 0 Å². The highest BCUT2D eigenvalue weighted by molar-refractivity contribution is 6.17. The molecular weight excluding hydrogens is 192 g/mol. The van der Waals surface area contributed by atoms with E-state index in [0.29, 0.717) is 5.88 Å². The second-order valence-corrected chi connectivity index (χ2v) is 3.96. The minimum absolute atomic E-state index is 0.658. The van der Waals surface area contributed by atoms with E-state index in [9.17, 15) is 0 Å². The van der Waals surface area contributed by atoms with E-state index in [1.807, 2.05) is 0 Å². The summed E-state index contributed by atoms with van der Waals surface area (Å²) in [6.45, 7) is 4.43. The SMILES string of the molecule is CCCc1cccc(CCC)c1CCl. The molecular formula is C13H19Cl. The van der Waals surface area contributed by atoms with E-state index in [1.54, 1.807) is 0 Å². The molecule has 0 aliphatic carbocycles. The number of rotatable bonds is 5. The van der Waals surface area contributed by atoms with Gasteiger partial charge in [-0.25, -0.2) is 0 Å². The standard InChI is InChI=1S/C13H19Cl/c1-3-6-11-8-5-9-12(7-4-2)13(11)10-14/h5,8-9H,3-4,6-7,10H2,1-2H3. The van der Waals surface area contributed by atoms with E-state index in [2.05, 4.69) is 32.0 Å². The number of hydrogen-bond acceptors (Lipinski definition) is 0. The lowest BCUT2D eigenvalue weighted by molar-refractivity contribution is 0.876. The minimum atomic E-state index is 0.658. The van der Waals surface area contributed by atoms with Crippen molar-refractivity contribution in [2.24, 2.45) is 0 Å². The summed E-state index contributed by atoms with van der Waals surface area (Å²) in [4.78, 5) is 0. The lowest BCUT2D eigenvalue weighted by Gasteiger charge is -2.11. The summed E-state index contributed by atoms with van der Waals surface area (Å²) in [6, 6.07) is 6.58. The number of aryl methyl sites for hydroxylation is 2. The fraction of sp³-hybridized carbons (Fsp3) is 0.538. The van der Waals surface area contributed by atoms with E-state index in [-0.39, 0.29) is 0 Å². The minimum Gasteiger partial charge on any atom is -0.122 e. The third-order valence-corrected chi connectivity index (χ3v) is 2.81. The Morgan fingerprint density at radius 3 is 1.86 bits per heavy atom. The lowest BCUT2D eigenvalue weighted by Crippen LogP contribution is -1.97. The van der Waals surface area contributed by atoms with Crippen molar-refractivity contribution in [1.29, 1.82) is 0 Å². The molecule has 1 heteroatoms. The largest absolute Gasteiger partial charge is 0.122 e. The fourth-order valence-electron chi connectivity index (χ4n) is 1.87. The zero-order valence-corrected chi connectivity index (χ0v) is 9.90. The molecule has 1 aromatic rings. The Morgan fingerprint density at radius 2 is 1.50 bits per heavy atom. The van der Waals surface area contributed by atoms with Crippen LogP contribution in [-0.2, 0) is 18.7 Å². The maximum Gasteiger partial charge on any atom is 0.0479 e. The van der Waals surface area contributed by atoms with Crippen LogP contribution in [0, 0.1) is 0 Å². The van der Waals surface area contributed by atoms with Crippen LogP contribution in [0.25, 0.3) is 0 Å². The average molecular weight is 211 g/mol. The predicted molar refractivity (Wildman–Crippen MR) is 64.0 cm³/mol. The van der Waals surface area contributed by atoms with Crippen molar-refractivity contribution in [3.05, 3.63) is 34.9 Å². The van der Waals surface area contributed by atoms with Crippen LogP contribution in [0.2, 0.25) is 0 Å². The van der Waals surface area contributed by atoms with Crippen molar-refractivity contribution in [2.75, 3.05) is 0 Å². The Labute approximate surface area is 92.3 Å². The molecule has 78 valence electrons. The van der Waals surface area contributed by atoms with Crippen molar-refractivity contribution in [2.45, 2.75) is 45.4 Å². The second-order valence-electron chi connectivity index (χ2n) is 3.69. The Balaban J connectivity index is 2.98. The summed E-state index contributed by atoms with van der Waals surface area (Å²) in [5.41, 5.74) is 4.25. The third-order valence-electron chi connectivity index (χ3n) is 2.54. The molecule has 0 aliphatic rings. The molecule has 0 spiro atoms. The number of benzene rings is 1. The normalized spacial score (nSPS) is 10.5. The first-order chi connectivity index (χ1) is 6.83. The first kappa shape index (κ1) is 11.6. The van der Waals surface area contributed by atoms with Crippen LogP contribution in [0.1, 0.15) is 43.4 Å². The van der Waals surface area contributed by atoms with Gasteiger partial charge >= 0.3 is 0 Å². The van der Waals surface area contributed by atoms with Crippen LogP contribution in [0.5, 0.6) is 0 Å². The van der Waals surface area contributed by atoms with Crippen LogP contribution in [0.15, 0.2) is 18.2 Å². The Hall–Kier alpha value is -0.490. The van der Waals surface area contributed by atoms with E-state index in [4.69, 9.17) is 11.6 Å². The highest BCUT2D eigenvalue weighted by atomic mass is 35.5. The molecule has 0 saturated heterocycles. The molecule has 1 rings (SSSR count). The highest BCUT2D eigenvalue weighted by Crippen LogP contribution is 2.20.